The fraction of sp³-hybridized carbons (Fsp3) is 0.105. The third-order valence-corrected chi connectivity index (χ3v) is 5.58. The maximum Gasteiger partial charge on any atom is 0.322 e. The van der Waals surface area contributed by atoms with Crippen LogP contribution in [0.4, 0.5) is 6.01 Å². The van der Waals surface area contributed by atoms with Crippen molar-refractivity contribution in [3.63, 3.8) is 0 Å². The number of carbonyl (C=O) groups excluding carboxylic acids is 1. The molecule has 5 nitrogen and oxygen atoms in total. The zero-order valence-corrected chi connectivity index (χ0v) is 15.4. The molecule has 7 heteroatoms. The first-order chi connectivity index (χ1) is 12.6. The highest BCUT2D eigenvalue weighted by atomic mass is 35.5. The summed E-state index contributed by atoms with van der Waals surface area (Å²) in [6.07, 6.45) is 0.507. The van der Waals surface area contributed by atoms with E-state index in [-0.39, 0.29) is 11.9 Å². The minimum absolute atomic E-state index is 0.0608. The Morgan fingerprint density at radius 1 is 1.15 bits per heavy atom. The summed E-state index contributed by atoms with van der Waals surface area (Å²) in [5, 5.41) is 11.8. The quantitative estimate of drug-likeness (QED) is 0.533. The molecule has 0 saturated carbocycles. The second-order valence-electron chi connectivity index (χ2n) is 5.86. The Kier molecular flexibility index (Phi) is 4.44. The molecule has 2 heterocycles. The lowest BCUT2D eigenvalue weighted by molar-refractivity contribution is 0.102. The van der Waals surface area contributed by atoms with E-state index in [9.17, 15) is 4.79 Å². The van der Waals surface area contributed by atoms with Crippen LogP contribution in [0, 0.1) is 6.92 Å². The molecule has 0 unspecified atom stereocenters. The van der Waals surface area contributed by atoms with Gasteiger partial charge in [0.2, 0.25) is 5.89 Å². The molecule has 0 aliphatic carbocycles. The maximum atomic E-state index is 12.5. The number of aromatic nitrogens is 2. The van der Waals surface area contributed by atoms with Gasteiger partial charge < -0.3 is 4.42 Å². The molecule has 26 heavy (non-hydrogen) atoms. The third kappa shape index (κ3) is 3.34. The predicted molar refractivity (Wildman–Crippen MR) is 103 cm³/mol. The molecule has 1 amide bonds. The van der Waals surface area contributed by atoms with Crippen LogP contribution in [0.25, 0.3) is 10.1 Å². The summed E-state index contributed by atoms with van der Waals surface area (Å²) in [5.74, 6) is 0.0772. The van der Waals surface area contributed by atoms with Crippen molar-refractivity contribution >= 4 is 44.9 Å². The van der Waals surface area contributed by atoms with Crippen molar-refractivity contribution in [2.45, 2.75) is 13.3 Å². The maximum absolute atomic E-state index is 12.5. The van der Waals surface area contributed by atoms with Crippen molar-refractivity contribution in [1.82, 2.24) is 10.2 Å². The molecule has 0 aliphatic heterocycles. The highest BCUT2D eigenvalue weighted by Gasteiger charge is 2.19. The third-order valence-electron chi connectivity index (χ3n) is 3.90. The van der Waals surface area contributed by atoms with Crippen LogP contribution in [0.3, 0.4) is 0 Å². The zero-order valence-electron chi connectivity index (χ0n) is 13.8. The number of carbonyl (C=O) groups is 1. The number of aryl methyl sites for hydroxylation is 1. The fourth-order valence-corrected chi connectivity index (χ4v) is 3.98. The molecule has 0 radical (unpaired) electrons. The van der Waals surface area contributed by atoms with E-state index in [1.807, 2.05) is 55.5 Å². The largest absolute Gasteiger partial charge is 0.407 e. The molecule has 2 aromatic carbocycles. The molecule has 4 aromatic rings. The molecule has 2 aromatic heterocycles. The minimum Gasteiger partial charge on any atom is -0.407 e. The summed E-state index contributed by atoms with van der Waals surface area (Å²) < 4.78 is 6.48. The lowest BCUT2D eigenvalue weighted by Gasteiger charge is -1.99. The smallest absolute Gasteiger partial charge is 0.322 e. The summed E-state index contributed by atoms with van der Waals surface area (Å²) in [6, 6.07) is 15.7. The van der Waals surface area contributed by atoms with Gasteiger partial charge in [0.1, 0.15) is 4.88 Å². The van der Waals surface area contributed by atoms with Crippen LogP contribution in [-0.2, 0) is 6.42 Å². The number of nitrogens with zero attached hydrogens (tertiary/aromatic N) is 2. The minimum atomic E-state index is -0.360. The average molecular weight is 384 g/mol. The fourth-order valence-electron chi connectivity index (χ4n) is 2.57. The first-order valence-electron chi connectivity index (χ1n) is 7.96. The summed E-state index contributed by atoms with van der Waals surface area (Å²) in [5.41, 5.74) is 2.25. The molecule has 130 valence electrons. The summed E-state index contributed by atoms with van der Waals surface area (Å²) in [4.78, 5) is 12.9. The standard InChI is InChI=1S/C19H14ClN3O2S/c1-11-6-8-12(9-7-11)10-15-22-23-19(25-15)21-18(24)17-16(20)13-4-2-3-5-14(13)26-17/h2-9H,10H2,1H3,(H,21,23,24). The number of rotatable bonds is 4. The van der Waals surface area contributed by atoms with Gasteiger partial charge in [-0.05, 0) is 18.6 Å². The van der Waals surface area contributed by atoms with Gasteiger partial charge in [0.05, 0.1) is 11.4 Å². The topological polar surface area (TPSA) is 68.0 Å². The average Bonchev–Trinajstić information content (AvgIpc) is 3.22. The highest BCUT2D eigenvalue weighted by Crippen LogP contribution is 2.35. The first-order valence-corrected chi connectivity index (χ1v) is 9.16. The second kappa shape index (κ2) is 6.90. The molecule has 1 N–H and O–H groups in total. The Morgan fingerprint density at radius 2 is 1.92 bits per heavy atom. The number of hydrogen-bond donors (Lipinski definition) is 1. The number of halogens is 1. The highest BCUT2D eigenvalue weighted by molar-refractivity contribution is 7.21. The van der Waals surface area contributed by atoms with Gasteiger partial charge >= 0.3 is 6.01 Å². The van der Waals surface area contributed by atoms with Gasteiger partial charge in [-0.2, -0.15) is 0 Å². The van der Waals surface area contributed by atoms with Crippen LogP contribution >= 0.6 is 22.9 Å². The Balaban J connectivity index is 1.50. The van der Waals surface area contributed by atoms with E-state index < -0.39 is 0 Å². The molecule has 4 rings (SSSR count). The number of benzene rings is 2. The van der Waals surface area contributed by atoms with E-state index in [1.165, 1.54) is 16.9 Å². The van der Waals surface area contributed by atoms with E-state index in [1.54, 1.807) is 0 Å². The van der Waals surface area contributed by atoms with E-state index in [4.69, 9.17) is 16.0 Å². The Hall–Kier alpha value is -2.70. The van der Waals surface area contributed by atoms with Crippen molar-refractivity contribution in [2.24, 2.45) is 0 Å². The predicted octanol–water partition coefficient (Wildman–Crippen LogP) is 5.09. The van der Waals surface area contributed by atoms with Crippen molar-refractivity contribution in [2.75, 3.05) is 5.32 Å². The van der Waals surface area contributed by atoms with Gasteiger partial charge in [-0.15, -0.1) is 16.4 Å². The van der Waals surface area contributed by atoms with Crippen LogP contribution in [-0.4, -0.2) is 16.1 Å². The van der Waals surface area contributed by atoms with Crippen LogP contribution in [0.2, 0.25) is 5.02 Å². The number of hydrogen-bond acceptors (Lipinski definition) is 5. The Bertz CT molecular complexity index is 1090. The second-order valence-corrected chi connectivity index (χ2v) is 7.29. The van der Waals surface area contributed by atoms with Crippen LogP contribution in [0.15, 0.2) is 52.9 Å². The van der Waals surface area contributed by atoms with Crippen molar-refractivity contribution < 1.29 is 9.21 Å². The molecular formula is C19H14ClN3O2S. The van der Waals surface area contributed by atoms with Crippen molar-refractivity contribution in [3.8, 4) is 0 Å². The van der Waals surface area contributed by atoms with Gasteiger partial charge in [0, 0.05) is 10.1 Å². The zero-order chi connectivity index (χ0) is 18.1. The molecule has 0 atom stereocenters. The lowest BCUT2D eigenvalue weighted by atomic mass is 10.1. The number of nitrogens with one attached hydrogen (secondary N) is 1. The molecule has 0 spiro atoms. The lowest BCUT2D eigenvalue weighted by Crippen LogP contribution is -2.10. The van der Waals surface area contributed by atoms with E-state index in [2.05, 4.69) is 15.5 Å². The number of amides is 1. The monoisotopic (exact) mass is 383 g/mol. The van der Waals surface area contributed by atoms with Gasteiger partial charge in [-0.3, -0.25) is 10.1 Å². The van der Waals surface area contributed by atoms with E-state index in [0.717, 1.165) is 15.6 Å². The van der Waals surface area contributed by atoms with Crippen LogP contribution in [0.5, 0.6) is 0 Å². The Labute approximate surface area is 158 Å². The Morgan fingerprint density at radius 3 is 2.69 bits per heavy atom. The number of anilines is 1. The molecule has 0 bridgehead atoms. The van der Waals surface area contributed by atoms with Gasteiger partial charge in [-0.1, -0.05) is 64.7 Å². The van der Waals surface area contributed by atoms with Crippen LogP contribution in [0.1, 0.15) is 26.7 Å². The SMILES string of the molecule is Cc1ccc(Cc2nnc(NC(=O)c3sc4ccccc4c3Cl)o2)cc1. The summed E-state index contributed by atoms with van der Waals surface area (Å²) in [6.45, 7) is 2.03. The van der Waals surface area contributed by atoms with Crippen molar-refractivity contribution in [3.05, 3.63) is 75.4 Å². The summed E-state index contributed by atoms with van der Waals surface area (Å²) in [7, 11) is 0. The normalized spacial score (nSPS) is 11.0. The van der Waals surface area contributed by atoms with E-state index in [0.29, 0.717) is 22.2 Å². The van der Waals surface area contributed by atoms with Crippen molar-refractivity contribution in [1.29, 1.82) is 0 Å². The molecule has 0 saturated heterocycles. The van der Waals surface area contributed by atoms with Gasteiger partial charge in [0.15, 0.2) is 0 Å². The van der Waals surface area contributed by atoms with Gasteiger partial charge in [0.25, 0.3) is 5.91 Å². The van der Waals surface area contributed by atoms with E-state index >= 15 is 0 Å². The number of fused-ring (bicyclic) bond motifs is 1. The molecule has 0 aliphatic rings. The molecular weight excluding hydrogens is 370 g/mol. The van der Waals surface area contributed by atoms with Gasteiger partial charge in [-0.25, -0.2) is 0 Å². The number of thiophene rings is 1. The molecule has 0 fully saturated rings. The summed E-state index contributed by atoms with van der Waals surface area (Å²) >= 11 is 7.65. The first kappa shape index (κ1) is 16.8. The van der Waals surface area contributed by atoms with Crippen LogP contribution < -0.4 is 5.32 Å².